The van der Waals surface area contributed by atoms with E-state index in [1.165, 1.54) is 16.7 Å². The number of aryl methyl sites for hydroxylation is 1. The standard InChI is InChI=1S/C21H22N4O6S/c1-10-13(14(24-31-10)11-7-5-4-6-8-11)17(28)23-15-19(30)25-16(18(29)22-9-12(26)27)21(2,3)32-20(15)25/h4-8,15-16,20H,9H2,1-3H3,(H,22,29)(H,23,28)(H,26,27)/t15-,16+,20-/m1/s1. The number of nitrogens with one attached hydrogen (secondary N) is 2. The highest BCUT2D eigenvalue weighted by atomic mass is 32.2. The molecule has 4 rings (SSSR count). The van der Waals surface area contributed by atoms with Crippen LogP contribution in [0.4, 0.5) is 0 Å². The zero-order valence-corrected chi connectivity index (χ0v) is 18.4. The molecule has 2 aliphatic heterocycles. The highest BCUT2D eigenvalue weighted by molar-refractivity contribution is 8.01. The molecule has 3 N–H and O–H groups in total. The van der Waals surface area contributed by atoms with Crippen molar-refractivity contribution in [1.29, 1.82) is 0 Å². The number of aliphatic carboxylic acids is 1. The molecule has 0 spiro atoms. The van der Waals surface area contributed by atoms with Crippen molar-refractivity contribution in [2.45, 2.75) is 43.0 Å². The van der Waals surface area contributed by atoms with Gasteiger partial charge in [0, 0.05) is 10.3 Å². The molecule has 11 heteroatoms. The van der Waals surface area contributed by atoms with E-state index in [0.717, 1.165) is 0 Å². The molecule has 32 heavy (non-hydrogen) atoms. The van der Waals surface area contributed by atoms with Gasteiger partial charge in [0.25, 0.3) is 5.91 Å². The molecule has 0 saturated carbocycles. The van der Waals surface area contributed by atoms with Crippen LogP contribution in [0.15, 0.2) is 34.9 Å². The molecular weight excluding hydrogens is 436 g/mol. The predicted octanol–water partition coefficient (Wildman–Crippen LogP) is 1.01. The minimum Gasteiger partial charge on any atom is -0.480 e. The second kappa shape index (κ2) is 7.97. The summed E-state index contributed by atoms with van der Waals surface area (Å²) in [5.41, 5.74) is 1.35. The molecule has 2 fully saturated rings. The van der Waals surface area contributed by atoms with E-state index < -0.39 is 52.4 Å². The van der Waals surface area contributed by atoms with E-state index in [2.05, 4.69) is 15.8 Å². The van der Waals surface area contributed by atoms with Gasteiger partial charge in [-0.3, -0.25) is 19.2 Å². The molecule has 0 radical (unpaired) electrons. The Labute approximate surface area is 187 Å². The molecule has 0 bridgehead atoms. The molecule has 2 aliphatic rings. The number of benzene rings is 1. The first-order valence-electron chi connectivity index (χ1n) is 9.94. The van der Waals surface area contributed by atoms with Gasteiger partial charge >= 0.3 is 5.97 Å². The Morgan fingerprint density at radius 3 is 2.59 bits per heavy atom. The summed E-state index contributed by atoms with van der Waals surface area (Å²) >= 11 is 1.39. The van der Waals surface area contributed by atoms with Gasteiger partial charge in [-0.05, 0) is 20.8 Å². The molecule has 3 atom stereocenters. The summed E-state index contributed by atoms with van der Waals surface area (Å²) in [6, 6.07) is 7.44. The number of carboxylic acids is 1. The van der Waals surface area contributed by atoms with Crippen LogP contribution in [0.1, 0.15) is 30.0 Å². The Bertz CT molecular complexity index is 1100. The van der Waals surface area contributed by atoms with Crippen molar-refractivity contribution in [2.75, 3.05) is 6.54 Å². The number of β-lactam (4-membered cyclic amide) rings is 1. The molecule has 2 aromatic rings. The average Bonchev–Trinajstić information content (AvgIpc) is 3.25. The van der Waals surface area contributed by atoms with Gasteiger partial charge in [0.15, 0.2) is 0 Å². The van der Waals surface area contributed by atoms with E-state index in [0.29, 0.717) is 17.0 Å². The van der Waals surface area contributed by atoms with Gasteiger partial charge < -0.3 is 25.2 Å². The lowest BCUT2D eigenvalue weighted by Gasteiger charge is -2.44. The number of thioether (sulfide) groups is 1. The Balaban J connectivity index is 1.52. The summed E-state index contributed by atoms with van der Waals surface area (Å²) in [5.74, 6) is -2.26. The molecule has 0 aliphatic carbocycles. The van der Waals surface area contributed by atoms with Crippen LogP contribution < -0.4 is 10.6 Å². The smallest absolute Gasteiger partial charge is 0.322 e. The van der Waals surface area contributed by atoms with Crippen molar-refractivity contribution >= 4 is 35.5 Å². The number of amides is 3. The van der Waals surface area contributed by atoms with Crippen molar-refractivity contribution < 1.29 is 28.8 Å². The summed E-state index contributed by atoms with van der Waals surface area (Å²) in [7, 11) is 0. The number of hydrogen-bond acceptors (Lipinski definition) is 7. The Morgan fingerprint density at radius 2 is 1.94 bits per heavy atom. The summed E-state index contributed by atoms with van der Waals surface area (Å²) in [5, 5.41) is 17.5. The number of carboxylic acid groups (broad SMARTS) is 1. The average molecular weight is 458 g/mol. The lowest BCUT2D eigenvalue weighted by Crippen LogP contribution is -2.71. The fourth-order valence-corrected chi connectivity index (χ4v) is 5.71. The maximum absolute atomic E-state index is 13.1. The molecule has 0 unspecified atom stereocenters. The molecule has 10 nitrogen and oxygen atoms in total. The Hall–Kier alpha value is -3.34. The monoisotopic (exact) mass is 458 g/mol. The van der Waals surface area contributed by atoms with Crippen molar-refractivity contribution in [2.24, 2.45) is 0 Å². The fraction of sp³-hybridized carbons (Fsp3) is 0.381. The molecule has 3 amide bonds. The van der Waals surface area contributed by atoms with Crippen LogP contribution in [0.3, 0.4) is 0 Å². The van der Waals surface area contributed by atoms with Crippen LogP contribution in [-0.2, 0) is 14.4 Å². The Morgan fingerprint density at radius 1 is 1.25 bits per heavy atom. The molecule has 1 aromatic heterocycles. The van der Waals surface area contributed by atoms with Crippen LogP contribution in [-0.4, -0.2) is 67.6 Å². The van der Waals surface area contributed by atoms with E-state index in [1.807, 2.05) is 32.0 Å². The summed E-state index contributed by atoms with van der Waals surface area (Å²) in [4.78, 5) is 50.7. The molecular formula is C21H22N4O6S. The number of aromatic nitrogens is 1. The highest BCUT2D eigenvalue weighted by Gasteiger charge is 2.64. The van der Waals surface area contributed by atoms with E-state index in [1.54, 1.807) is 19.1 Å². The van der Waals surface area contributed by atoms with Crippen LogP contribution in [0.25, 0.3) is 11.3 Å². The zero-order valence-electron chi connectivity index (χ0n) is 17.6. The van der Waals surface area contributed by atoms with Crippen molar-refractivity contribution in [3.05, 3.63) is 41.7 Å². The lowest BCUT2D eigenvalue weighted by molar-refractivity contribution is -0.153. The second-order valence-electron chi connectivity index (χ2n) is 8.15. The van der Waals surface area contributed by atoms with Crippen LogP contribution in [0, 0.1) is 6.92 Å². The predicted molar refractivity (Wildman–Crippen MR) is 115 cm³/mol. The third-order valence-corrected chi connectivity index (χ3v) is 7.10. The first-order chi connectivity index (χ1) is 15.1. The van der Waals surface area contributed by atoms with Gasteiger partial charge in [0.1, 0.15) is 41.0 Å². The molecule has 1 aromatic carbocycles. The van der Waals surface area contributed by atoms with Crippen molar-refractivity contribution in [3.63, 3.8) is 0 Å². The van der Waals surface area contributed by atoms with Gasteiger partial charge in [-0.1, -0.05) is 35.5 Å². The second-order valence-corrected chi connectivity index (χ2v) is 9.92. The van der Waals surface area contributed by atoms with E-state index in [-0.39, 0.29) is 5.56 Å². The number of fused-ring (bicyclic) bond motifs is 1. The molecule has 3 heterocycles. The number of carbonyl (C=O) groups is 4. The summed E-state index contributed by atoms with van der Waals surface area (Å²) in [6.45, 7) is 4.72. The maximum atomic E-state index is 13.1. The third-order valence-electron chi connectivity index (χ3n) is 5.53. The zero-order chi connectivity index (χ0) is 23.2. The number of carbonyl (C=O) groups excluding carboxylic acids is 3. The summed E-state index contributed by atoms with van der Waals surface area (Å²) in [6.07, 6.45) is 0. The molecule has 168 valence electrons. The number of hydrogen-bond donors (Lipinski definition) is 3. The topological polar surface area (TPSA) is 142 Å². The maximum Gasteiger partial charge on any atom is 0.322 e. The van der Waals surface area contributed by atoms with E-state index >= 15 is 0 Å². The fourth-order valence-electron chi connectivity index (χ4n) is 4.08. The largest absolute Gasteiger partial charge is 0.480 e. The normalized spacial score (nSPS) is 23.3. The number of rotatable bonds is 6. The minimum absolute atomic E-state index is 0.250. The van der Waals surface area contributed by atoms with E-state index in [4.69, 9.17) is 9.63 Å². The first-order valence-corrected chi connectivity index (χ1v) is 10.8. The third kappa shape index (κ3) is 3.62. The highest BCUT2D eigenvalue weighted by Crippen LogP contribution is 2.50. The minimum atomic E-state index is -1.17. The van der Waals surface area contributed by atoms with Gasteiger partial charge in [-0.25, -0.2) is 0 Å². The SMILES string of the molecule is Cc1onc(-c2ccccc2)c1C(=O)N[C@@H]1C(=O)N2[C@@H]1SC(C)(C)[C@@H]2C(=O)NCC(=O)O. The first kappa shape index (κ1) is 21.9. The van der Waals surface area contributed by atoms with Crippen molar-refractivity contribution in [3.8, 4) is 11.3 Å². The van der Waals surface area contributed by atoms with Gasteiger partial charge in [0.2, 0.25) is 11.8 Å². The number of nitrogens with zero attached hydrogens (tertiary/aromatic N) is 2. The van der Waals surface area contributed by atoms with Crippen LogP contribution >= 0.6 is 11.8 Å². The molecule has 2 saturated heterocycles. The van der Waals surface area contributed by atoms with Crippen molar-refractivity contribution in [1.82, 2.24) is 20.7 Å². The van der Waals surface area contributed by atoms with Gasteiger partial charge in [-0.15, -0.1) is 11.8 Å². The van der Waals surface area contributed by atoms with Gasteiger partial charge in [0.05, 0.1) is 0 Å². The van der Waals surface area contributed by atoms with Crippen LogP contribution in [0.5, 0.6) is 0 Å². The quantitative estimate of drug-likeness (QED) is 0.545. The van der Waals surface area contributed by atoms with E-state index in [9.17, 15) is 19.2 Å². The summed E-state index contributed by atoms with van der Waals surface area (Å²) < 4.78 is 4.57. The van der Waals surface area contributed by atoms with Crippen LogP contribution in [0.2, 0.25) is 0 Å². The lowest BCUT2D eigenvalue weighted by atomic mass is 9.95. The Kier molecular flexibility index (Phi) is 5.45. The van der Waals surface area contributed by atoms with Gasteiger partial charge in [-0.2, -0.15) is 0 Å².